The summed E-state index contributed by atoms with van der Waals surface area (Å²) in [6.45, 7) is 2.29. The van der Waals surface area contributed by atoms with Crippen LogP contribution in [0.1, 0.15) is 149 Å². The van der Waals surface area contributed by atoms with Crippen LogP contribution in [0.5, 0.6) is 0 Å². The van der Waals surface area contributed by atoms with E-state index in [-0.39, 0.29) is 66.8 Å². The first-order chi connectivity index (χ1) is 39.2. The lowest BCUT2D eigenvalue weighted by molar-refractivity contribution is -0.391. The van der Waals surface area contributed by atoms with Gasteiger partial charge in [-0.1, -0.05) is 85.5 Å². The first-order valence-electron chi connectivity index (χ1n) is 32.1. The highest BCUT2D eigenvalue weighted by atomic mass is 16.5. The molecule has 0 aromatic heterocycles. The predicted molar refractivity (Wildman–Crippen MR) is 307 cm³/mol. The molecule has 1 saturated heterocycles. The molecule has 9 fully saturated rings. The van der Waals surface area contributed by atoms with Gasteiger partial charge in [0.25, 0.3) is 0 Å². The molecule has 6 N–H and O–H groups in total. The normalized spacial score (nSPS) is 47.8. The van der Waals surface area contributed by atoms with Gasteiger partial charge in [-0.2, -0.15) is 0 Å². The number of aryl methyl sites for hydroxylation is 1. The molecule has 0 radical (unpaired) electrons. The Hall–Kier alpha value is -4.18. The lowest BCUT2D eigenvalue weighted by Gasteiger charge is -2.75. The number of rotatable bonds is 6. The van der Waals surface area contributed by atoms with E-state index in [1.54, 1.807) is 6.08 Å². The molecule has 10 heteroatoms. The van der Waals surface area contributed by atoms with Gasteiger partial charge in [0, 0.05) is 58.6 Å². The lowest BCUT2D eigenvalue weighted by atomic mass is 9.32. The Morgan fingerprint density at radius 1 is 0.815 bits per heavy atom. The highest BCUT2D eigenvalue weighted by Crippen LogP contribution is 2.80. The van der Waals surface area contributed by atoms with Crippen molar-refractivity contribution in [2.24, 2.45) is 87.3 Å². The van der Waals surface area contributed by atoms with E-state index in [0.29, 0.717) is 75.5 Å². The van der Waals surface area contributed by atoms with Crippen LogP contribution >= 0.6 is 0 Å². The number of hydrogen-bond acceptors (Lipinski definition) is 10. The van der Waals surface area contributed by atoms with Crippen molar-refractivity contribution < 1.29 is 44.6 Å². The maximum Gasteiger partial charge on any atom is 0.331 e. The number of fused-ring (bicyclic) bond motifs is 13. The first-order valence-corrected chi connectivity index (χ1v) is 32.1. The number of carbonyl (C=O) groups excluding carboxylic acids is 2. The molecule has 3 aromatic carbocycles. The molecule has 8 saturated carbocycles. The molecule has 12 bridgehead atoms. The number of aliphatic hydroxyl groups excluding tert-OH is 2. The van der Waals surface area contributed by atoms with Crippen LogP contribution in [0, 0.1) is 99.1 Å². The molecule has 3 aliphatic heterocycles. The van der Waals surface area contributed by atoms with Gasteiger partial charge in [-0.3, -0.25) is 0 Å². The fourth-order valence-electron chi connectivity index (χ4n) is 23.5. The van der Waals surface area contributed by atoms with Crippen molar-refractivity contribution in [3.05, 3.63) is 118 Å². The molecular weight excluding hydrogens is 1010 g/mol. The van der Waals surface area contributed by atoms with Gasteiger partial charge in [-0.15, -0.1) is 0 Å². The third kappa shape index (κ3) is 7.49. The maximum atomic E-state index is 15.7. The minimum absolute atomic E-state index is 0.0726. The second kappa shape index (κ2) is 19.4. The van der Waals surface area contributed by atoms with Crippen molar-refractivity contribution in [3.8, 4) is 11.8 Å². The SMILES string of the molecule is CNC1Cc2c(cccc2CO)C#CCCC23CCC4C5(C=O)CC67CC(CCc8ccccc8)CC6CC6Cc8cccc(c8)CC8CCC(C8)C(C)C8CCC(C7O6)C5(O)C(C8)C(O)C4(O)C2(O)CC2CC1C1OC(=O)C=C1C23. The van der Waals surface area contributed by atoms with Crippen molar-refractivity contribution >= 4 is 12.3 Å². The van der Waals surface area contributed by atoms with Crippen LogP contribution in [0.3, 0.4) is 0 Å². The fraction of sp³-hybridized carbons (Fsp3) is 0.662. The number of likely N-dealkylation sites (N-methyl/N-ethyl adjacent to an activating group) is 1. The quantitative estimate of drug-likeness (QED) is 0.0797. The van der Waals surface area contributed by atoms with E-state index in [0.717, 1.165) is 92.8 Å². The molecule has 23 atom stereocenters. The molecule has 3 heterocycles. The summed E-state index contributed by atoms with van der Waals surface area (Å²) in [5.41, 5.74) is -1.40. The Kier molecular flexibility index (Phi) is 12.8. The van der Waals surface area contributed by atoms with E-state index in [1.165, 1.54) is 23.1 Å². The number of carbonyl (C=O) groups is 2. The molecule has 23 unspecified atom stereocenters. The third-order valence-corrected chi connectivity index (χ3v) is 26.6. The Morgan fingerprint density at radius 2 is 1.62 bits per heavy atom. The summed E-state index contributed by atoms with van der Waals surface area (Å²) in [7, 11) is 1.94. The van der Waals surface area contributed by atoms with Crippen LogP contribution in [-0.4, -0.2) is 92.1 Å². The molecule has 16 rings (SSSR count). The third-order valence-electron chi connectivity index (χ3n) is 26.6. The number of ether oxygens (including phenoxy) is 2. The number of aldehydes is 1. The van der Waals surface area contributed by atoms with Crippen molar-refractivity contribution in [1.82, 2.24) is 5.32 Å². The van der Waals surface area contributed by atoms with Crippen molar-refractivity contribution in [2.45, 2.75) is 196 Å². The van der Waals surface area contributed by atoms with Crippen molar-refractivity contribution in [2.75, 3.05) is 7.05 Å². The number of hydrogen-bond donors (Lipinski definition) is 6. The summed E-state index contributed by atoms with van der Waals surface area (Å²) >= 11 is 0. The second-order valence-electron chi connectivity index (χ2n) is 29.4. The van der Waals surface area contributed by atoms with Crippen LogP contribution in [0.2, 0.25) is 0 Å². The minimum Gasteiger partial charge on any atom is -0.454 e. The van der Waals surface area contributed by atoms with Gasteiger partial charge < -0.3 is 45.1 Å². The average molecular weight is 1100 g/mol. The smallest absolute Gasteiger partial charge is 0.331 e. The summed E-state index contributed by atoms with van der Waals surface area (Å²) in [5.74, 6) is 5.56. The van der Waals surface area contributed by atoms with Crippen LogP contribution in [0.25, 0.3) is 0 Å². The molecule has 81 heavy (non-hydrogen) atoms. The maximum absolute atomic E-state index is 15.7. The number of esters is 1. The monoisotopic (exact) mass is 1100 g/mol. The number of benzene rings is 3. The van der Waals surface area contributed by atoms with Gasteiger partial charge in [0.05, 0.1) is 35.9 Å². The molecule has 2 spiro atoms. The lowest BCUT2D eigenvalue weighted by Crippen LogP contribution is -2.87. The summed E-state index contributed by atoms with van der Waals surface area (Å²) in [6.07, 6.45) is 15.4. The molecule has 430 valence electrons. The van der Waals surface area contributed by atoms with Gasteiger partial charge in [0.1, 0.15) is 23.6 Å². The summed E-state index contributed by atoms with van der Waals surface area (Å²) in [4.78, 5) is 29.6. The molecule has 0 amide bonds. The number of nitrogens with one attached hydrogen (secondary N) is 1. The van der Waals surface area contributed by atoms with Crippen molar-refractivity contribution in [1.29, 1.82) is 0 Å². The zero-order valence-electron chi connectivity index (χ0n) is 47.8. The Labute approximate surface area is 479 Å². The van der Waals surface area contributed by atoms with Gasteiger partial charge in [0.2, 0.25) is 0 Å². The highest BCUT2D eigenvalue weighted by molar-refractivity contribution is 5.86. The van der Waals surface area contributed by atoms with E-state index in [2.05, 4.69) is 78.7 Å². The van der Waals surface area contributed by atoms with E-state index in [4.69, 9.17) is 9.47 Å². The van der Waals surface area contributed by atoms with Gasteiger partial charge in [-0.05, 0) is 222 Å². The zero-order chi connectivity index (χ0) is 55.4. The molecule has 10 nitrogen and oxygen atoms in total. The van der Waals surface area contributed by atoms with Crippen LogP contribution in [-0.2, 0) is 51.4 Å². The largest absolute Gasteiger partial charge is 0.454 e. The van der Waals surface area contributed by atoms with E-state index in [1.807, 2.05) is 25.2 Å². The van der Waals surface area contributed by atoms with Crippen molar-refractivity contribution in [3.63, 3.8) is 0 Å². The average Bonchev–Trinajstić information content (AvgIpc) is 2.75. The summed E-state index contributed by atoms with van der Waals surface area (Å²) in [5, 5.41) is 73.6. The standard InChI is InChI=1S/C71H87NO9/c1-41-48-20-19-45(28-48)27-43-12-8-13-44(26-43)30-53-33-52-29-46(18-17-42-10-4-3-5-11-42)36-66(52)39-68(40-74)60-23-25-67-24-7-6-14-47-15-9-16-50(38-73)54(47)34-59(72-2)55-31-51(62(67)56-35-61(75)81-63(55)56)37-69(67,77)71(60,79)64(76)58-32-49(41)21-22-57(65(66)80-53)70(58,68)78/h3-5,8-13,15-16,26,35,40-41,45-46,48-49,51-53,55,57-60,62-65,72-73,76-79H,7,17-25,27-34,36-39H2,1-2H3. The Morgan fingerprint density at radius 3 is 2.43 bits per heavy atom. The second-order valence-corrected chi connectivity index (χ2v) is 29.4. The Balaban J connectivity index is 0.903. The van der Waals surface area contributed by atoms with Crippen LogP contribution < -0.4 is 5.32 Å². The molecule has 10 aliphatic carbocycles. The molecule has 13 aliphatic rings. The topological polar surface area (TPSA) is 166 Å². The minimum atomic E-state index is -2.21. The summed E-state index contributed by atoms with van der Waals surface area (Å²) < 4.78 is 14.2. The molecular formula is C71H87NO9. The zero-order valence-corrected chi connectivity index (χ0v) is 47.8. The fourth-order valence-corrected chi connectivity index (χ4v) is 23.5. The van der Waals surface area contributed by atoms with E-state index in [9.17, 15) is 20.1 Å². The van der Waals surface area contributed by atoms with Crippen LogP contribution in [0.15, 0.2) is 84.4 Å². The van der Waals surface area contributed by atoms with Crippen LogP contribution in [0.4, 0.5) is 0 Å². The Bertz CT molecular complexity index is 3080. The molecule has 3 aromatic rings. The van der Waals surface area contributed by atoms with Gasteiger partial charge in [0.15, 0.2) is 0 Å². The van der Waals surface area contributed by atoms with Gasteiger partial charge in [-0.25, -0.2) is 4.79 Å². The van der Waals surface area contributed by atoms with Gasteiger partial charge >= 0.3 is 5.97 Å². The first kappa shape index (κ1) is 53.5. The highest BCUT2D eigenvalue weighted by Gasteiger charge is 2.87. The van der Waals surface area contributed by atoms with E-state index < -0.39 is 69.0 Å². The summed E-state index contributed by atoms with van der Waals surface area (Å²) in [6, 6.07) is 25.8. The number of aliphatic hydroxyl groups is 5. The predicted octanol–water partition coefficient (Wildman–Crippen LogP) is 9.20. The van der Waals surface area contributed by atoms with E-state index >= 15 is 15.0 Å².